The van der Waals surface area contributed by atoms with Crippen LogP contribution in [0.2, 0.25) is 0 Å². The molecule has 0 bridgehead atoms. The first-order valence-corrected chi connectivity index (χ1v) is 7.51. The largest absolute Gasteiger partial charge is 0.488 e. The van der Waals surface area contributed by atoms with E-state index >= 15 is 0 Å². The molecule has 0 fully saturated rings. The van der Waals surface area contributed by atoms with E-state index in [-0.39, 0.29) is 11.5 Å². The van der Waals surface area contributed by atoms with Crippen molar-refractivity contribution >= 4 is 0 Å². The van der Waals surface area contributed by atoms with Gasteiger partial charge in [-0.05, 0) is 42.5 Å². The van der Waals surface area contributed by atoms with Crippen molar-refractivity contribution in [1.82, 2.24) is 5.32 Å². The fourth-order valence-corrected chi connectivity index (χ4v) is 2.66. The van der Waals surface area contributed by atoms with Crippen LogP contribution < -0.4 is 10.1 Å². The Balaban J connectivity index is 2.32. The van der Waals surface area contributed by atoms with Crippen molar-refractivity contribution in [2.24, 2.45) is 0 Å². The van der Waals surface area contributed by atoms with Gasteiger partial charge in [-0.3, -0.25) is 0 Å². The summed E-state index contributed by atoms with van der Waals surface area (Å²) in [5, 5.41) is 3.64. The molecule has 106 valence electrons. The predicted molar refractivity (Wildman–Crippen MR) is 80.9 cm³/mol. The van der Waals surface area contributed by atoms with Crippen LogP contribution in [0.5, 0.6) is 5.75 Å². The van der Waals surface area contributed by atoms with Crippen LogP contribution in [-0.2, 0) is 5.41 Å². The van der Waals surface area contributed by atoms with Gasteiger partial charge >= 0.3 is 0 Å². The average molecular weight is 261 g/mol. The lowest BCUT2D eigenvalue weighted by Crippen LogP contribution is -2.31. The Morgan fingerprint density at radius 2 is 1.95 bits per heavy atom. The van der Waals surface area contributed by atoms with Gasteiger partial charge in [0.2, 0.25) is 0 Å². The molecule has 2 rings (SSSR count). The van der Waals surface area contributed by atoms with Crippen molar-refractivity contribution in [3.05, 3.63) is 29.3 Å². The van der Waals surface area contributed by atoms with Gasteiger partial charge in [0.1, 0.15) is 11.9 Å². The van der Waals surface area contributed by atoms with Gasteiger partial charge in [-0.15, -0.1) is 0 Å². The summed E-state index contributed by atoms with van der Waals surface area (Å²) in [7, 11) is 0. The van der Waals surface area contributed by atoms with E-state index in [9.17, 15) is 0 Å². The second kappa shape index (κ2) is 5.54. The molecule has 0 spiro atoms. The van der Waals surface area contributed by atoms with Crippen molar-refractivity contribution in [3.63, 3.8) is 0 Å². The molecular weight excluding hydrogens is 234 g/mol. The van der Waals surface area contributed by atoms with E-state index in [1.807, 2.05) is 0 Å². The molecule has 1 N–H and O–H groups in total. The lowest BCUT2D eigenvalue weighted by molar-refractivity contribution is 0.185. The van der Waals surface area contributed by atoms with Gasteiger partial charge in [0.05, 0.1) is 6.04 Å². The van der Waals surface area contributed by atoms with Crippen molar-refractivity contribution in [2.45, 2.75) is 65.0 Å². The van der Waals surface area contributed by atoms with Crippen LogP contribution in [0.3, 0.4) is 0 Å². The minimum atomic E-state index is 0.189. The fraction of sp³-hybridized carbons (Fsp3) is 0.647. The number of benzene rings is 1. The first-order chi connectivity index (χ1) is 8.97. The maximum atomic E-state index is 6.07. The van der Waals surface area contributed by atoms with Crippen molar-refractivity contribution < 1.29 is 4.74 Å². The monoisotopic (exact) mass is 261 g/mol. The van der Waals surface area contributed by atoms with Crippen molar-refractivity contribution in [1.29, 1.82) is 0 Å². The van der Waals surface area contributed by atoms with E-state index in [4.69, 9.17) is 4.74 Å². The van der Waals surface area contributed by atoms with Crippen molar-refractivity contribution in [3.8, 4) is 5.75 Å². The van der Waals surface area contributed by atoms with Crippen LogP contribution in [0, 0.1) is 0 Å². The summed E-state index contributed by atoms with van der Waals surface area (Å²) in [4.78, 5) is 0. The number of nitrogens with one attached hydrogen (secondary N) is 1. The summed E-state index contributed by atoms with van der Waals surface area (Å²) in [5.41, 5.74) is 2.91. The molecule has 2 nitrogen and oxygen atoms in total. The highest BCUT2D eigenvalue weighted by Gasteiger charge is 2.33. The zero-order chi connectivity index (χ0) is 14.0. The molecule has 0 saturated heterocycles. The van der Waals surface area contributed by atoms with Gasteiger partial charge in [-0.1, -0.05) is 40.7 Å². The number of hydrogen-bond donors (Lipinski definition) is 1. The van der Waals surface area contributed by atoms with Gasteiger partial charge in [0.25, 0.3) is 0 Å². The zero-order valence-electron chi connectivity index (χ0n) is 12.9. The van der Waals surface area contributed by atoms with Crippen LogP contribution in [0.25, 0.3) is 0 Å². The molecule has 0 saturated carbocycles. The molecule has 1 aliphatic heterocycles. The third-order valence-corrected chi connectivity index (χ3v) is 3.88. The van der Waals surface area contributed by atoms with Crippen LogP contribution in [0.1, 0.15) is 64.6 Å². The summed E-state index contributed by atoms with van der Waals surface area (Å²) >= 11 is 0. The summed E-state index contributed by atoms with van der Waals surface area (Å²) in [6, 6.07) is 7.03. The third kappa shape index (κ3) is 2.94. The highest BCUT2D eigenvalue weighted by molar-refractivity contribution is 5.45. The molecule has 2 heteroatoms. The first-order valence-electron chi connectivity index (χ1n) is 7.51. The Labute approximate surface area is 117 Å². The Morgan fingerprint density at radius 1 is 1.21 bits per heavy atom. The molecule has 1 aromatic carbocycles. The second-order valence-electron chi connectivity index (χ2n) is 6.50. The minimum Gasteiger partial charge on any atom is -0.488 e. The van der Waals surface area contributed by atoms with Crippen LogP contribution >= 0.6 is 0 Å². The minimum absolute atomic E-state index is 0.189. The summed E-state index contributed by atoms with van der Waals surface area (Å²) in [6.45, 7) is 12.2. The summed E-state index contributed by atoms with van der Waals surface area (Å²) in [6.07, 6.45) is 2.47. The summed E-state index contributed by atoms with van der Waals surface area (Å²) < 4.78 is 6.07. The molecule has 0 aromatic heterocycles. The Kier molecular flexibility index (Phi) is 4.19. The Morgan fingerprint density at radius 3 is 2.53 bits per heavy atom. The fourth-order valence-electron chi connectivity index (χ4n) is 2.66. The first kappa shape index (κ1) is 14.4. The van der Waals surface area contributed by atoms with E-state index in [1.165, 1.54) is 11.1 Å². The molecule has 1 aromatic rings. The number of fused-ring (bicyclic) bond motifs is 1. The normalized spacial score (nSPS) is 22.2. The number of ether oxygens (including phenoxy) is 1. The summed E-state index contributed by atoms with van der Waals surface area (Å²) in [5.74, 6) is 1.06. The Bertz CT molecular complexity index is 433. The molecule has 19 heavy (non-hydrogen) atoms. The highest BCUT2D eigenvalue weighted by Crippen LogP contribution is 2.40. The van der Waals surface area contributed by atoms with E-state index in [0.717, 1.165) is 25.1 Å². The molecule has 2 atom stereocenters. The van der Waals surface area contributed by atoms with E-state index in [2.05, 4.69) is 58.1 Å². The molecule has 2 unspecified atom stereocenters. The molecule has 0 radical (unpaired) electrons. The maximum absolute atomic E-state index is 6.07. The molecule has 0 amide bonds. The standard InChI is InChI=1S/C17H27NO/c1-6-10-18-16-13-11-12(17(3,4)5)8-9-15(13)19-14(16)7-2/h8-9,11,14,16,18H,6-7,10H2,1-5H3. The lowest BCUT2D eigenvalue weighted by Gasteiger charge is -2.21. The molecule has 0 aliphatic carbocycles. The molecule has 1 aliphatic rings. The van der Waals surface area contributed by atoms with Crippen LogP contribution in [0.4, 0.5) is 0 Å². The highest BCUT2D eigenvalue weighted by atomic mass is 16.5. The predicted octanol–water partition coefficient (Wildman–Crippen LogP) is 4.20. The van der Waals surface area contributed by atoms with Crippen LogP contribution in [-0.4, -0.2) is 12.6 Å². The molecular formula is C17H27NO. The van der Waals surface area contributed by atoms with Gasteiger partial charge in [0.15, 0.2) is 0 Å². The zero-order valence-corrected chi connectivity index (χ0v) is 12.9. The van der Waals surface area contributed by atoms with Gasteiger partial charge in [-0.2, -0.15) is 0 Å². The SMILES string of the molecule is CCCNC1c2cc(C(C)(C)C)ccc2OC1CC. The van der Waals surface area contributed by atoms with Crippen molar-refractivity contribution in [2.75, 3.05) is 6.54 Å². The van der Waals surface area contributed by atoms with Crippen LogP contribution in [0.15, 0.2) is 18.2 Å². The third-order valence-electron chi connectivity index (χ3n) is 3.88. The average Bonchev–Trinajstić information content (AvgIpc) is 2.72. The van der Waals surface area contributed by atoms with Gasteiger partial charge in [0, 0.05) is 5.56 Å². The number of rotatable bonds is 4. The maximum Gasteiger partial charge on any atom is 0.124 e. The Hall–Kier alpha value is -1.02. The smallest absolute Gasteiger partial charge is 0.124 e. The quantitative estimate of drug-likeness (QED) is 0.877. The van der Waals surface area contributed by atoms with E-state index in [0.29, 0.717) is 6.04 Å². The number of hydrogen-bond acceptors (Lipinski definition) is 2. The lowest BCUT2D eigenvalue weighted by atomic mass is 9.85. The van der Waals surface area contributed by atoms with Gasteiger partial charge < -0.3 is 10.1 Å². The second-order valence-corrected chi connectivity index (χ2v) is 6.50. The van der Waals surface area contributed by atoms with E-state index in [1.54, 1.807) is 0 Å². The van der Waals surface area contributed by atoms with E-state index < -0.39 is 0 Å². The van der Waals surface area contributed by atoms with Gasteiger partial charge in [-0.25, -0.2) is 0 Å². The topological polar surface area (TPSA) is 21.3 Å². The molecule has 1 heterocycles.